The van der Waals surface area contributed by atoms with Gasteiger partial charge >= 0.3 is 5.97 Å². The van der Waals surface area contributed by atoms with Gasteiger partial charge in [0.2, 0.25) is 0 Å². The number of fused-ring (bicyclic) bond motifs is 2. The van der Waals surface area contributed by atoms with Gasteiger partial charge in [-0.25, -0.2) is 0 Å². The molecule has 1 aromatic heterocycles. The molecule has 0 atom stereocenters. The van der Waals surface area contributed by atoms with Crippen molar-refractivity contribution >= 4 is 5.97 Å². The summed E-state index contributed by atoms with van der Waals surface area (Å²) in [4.78, 5) is 16.9. The molecular formula is C22H19NO3. The lowest BCUT2D eigenvalue weighted by molar-refractivity contribution is -0.144. The van der Waals surface area contributed by atoms with E-state index in [4.69, 9.17) is 9.47 Å². The lowest BCUT2D eigenvalue weighted by atomic mass is 9.88. The number of nitrogens with zero attached hydrogens (tertiary/aromatic N) is 1. The number of aryl methyl sites for hydroxylation is 1. The van der Waals surface area contributed by atoms with E-state index >= 15 is 0 Å². The Morgan fingerprint density at radius 3 is 2.19 bits per heavy atom. The van der Waals surface area contributed by atoms with Crippen LogP contribution in [0.25, 0.3) is 0 Å². The molecule has 1 aliphatic rings. The Balaban J connectivity index is 1.47. The minimum absolute atomic E-state index is 0.233. The van der Waals surface area contributed by atoms with Crippen molar-refractivity contribution in [1.29, 1.82) is 0 Å². The second-order valence-electron chi connectivity index (χ2n) is 6.24. The largest absolute Gasteiger partial charge is 0.465 e. The van der Waals surface area contributed by atoms with Crippen molar-refractivity contribution in [3.8, 4) is 11.5 Å². The molecule has 0 fully saturated rings. The predicted octanol–water partition coefficient (Wildman–Crippen LogP) is 4.50. The fraction of sp³-hybridized carbons (Fsp3) is 0.182. The lowest BCUT2D eigenvalue weighted by Crippen LogP contribution is -2.21. The monoisotopic (exact) mass is 345 g/mol. The van der Waals surface area contributed by atoms with Gasteiger partial charge in [-0.2, -0.15) is 0 Å². The average molecular weight is 345 g/mol. The molecule has 0 unspecified atom stereocenters. The fourth-order valence-electron chi connectivity index (χ4n) is 3.25. The van der Waals surface area contributed by atoms with Crippen LogP contribution in [0.1, 0.15) is 29.0 Å². The Morgan fingerprint density at radius 2 is 1.54 bits per heavy atom. The second-order valence-corrected chi connectivity index (χ2v) is 6.24. The molecule has 0 radical (unpaired) electrons. The first-order chi connectivity index (χ1) is 12.8. The van der Waals surface area contributed by atoms with Crippen LogP contribution < -0.4 is 4.74 Å². The highest BCUT2D eigenvalue weighted by atomic mass is 16.5. The zero-order valence-corrected chi connectivity index (χ0v) is 14.3. The van der Waals surface area contributed by atoms with Gasteiger partial charge in [0.15, 0.2) is 0 Å². The molecule has 130 valence electrons. The summed E-state index contributed by atoms with van der Waals surface area (Å²) in [6.07, 6.45) is 5.19. The Labute approximate surface area is 152 Å². The lowest BCUT2D eigenvalue weighted by Gasteiger charge is -2.26. The molecule has 26 heavy (non-hydrogen) atoms. The second kappa shape index (κ2) is 7.40. The molecule has 4 nitrogen and oxygen atoms in total. The van der Waals surface area contributed by atoms with Crippen molar-refractivity contribution < 1.29 is 14.3 Å². The maximum absolute atomic E-state index is 12.8. The zero-order chi connectivity index (χ0) is 17.8. The van der Waals surface area contributed by atoms with Gasteiger partial charge in [0.05, 0.1) is 6.61 Å². The SMILES string of the molecule is O=C(OCCCc1ccncc1)C1c2ccccc2Oc2ccccc21. The molecule has 1 aliphatic heterocycles. The summed E-state index contributed by atoms with van der Waals surface area (Å²) < 4.78 is 11.5. The van der Waals surface area contributed by atoms with E-state index in [1.807, 2.05) is 60.7 Å². The Hall–Kier alpha value is -3.14. The molecule has 4 heteroatoms. The molecule has 4 rings (SSSR count). The van der Waals surface area contributed by atoms with E-state index in [1.54, 1.807) is 12.4 Å². The molecule has 2 aromatic carbocycles. The van der Waals surface area contributed by atoms with Crippen molar-refractivity contribution in [3.63, 3.8) is 0 Å². The Kier molecular flexibility index (Phi) is 4.65. The molecular weight excluding hydrogens is 326 g/mol. The van der Waals surface area contributed by atoms with Crippen LogP contribution in [0.3, 0.4) is 0 Å². The number of hydrogen-bond acceptors (Lipinski definition) is 4. The average Bonchev–Trinajstić information content (AvgIpc) is 2.70. The summed E-state index contributed by atoms with van der Waals surface area (Å²) in [5, 5.41) is 0. The standard InChI is InChI=1S/C22H19NO3/c24-22(25-15-5-6-16-11-13-23-14-12-16)21-17-7-1-3-9-19(17)26-20-10-4-2-8-18(20)21/h1-4,7-14,21H,5-6,15H2. The number of aromatic nitrogens is 1. The number of benzene rings is 2. The normalized spacial score (nSPS) is 12.6. The van der Waals surface area contributed by atoms with Crippen molar-refractivity contribution in [2.24, 2.45) is 0 Å². The van der Waals surface area contributed by atoms with Gasteiger partial charge < -0.3 is 9.47 Å². The van der Waals surface area contributed by atoms with Crippen molar-refractivity contribution in [1.82, 2.24) is 4.98 Å². The van der Waals surface area contributed by atoms with E-state index < -0.39 is 5.92 Å². The molecule has 0 saturated carbocycles. The van der Waals surface area contributed by atoms with Crippen LogP contribution in [0, 0.1) is 0 Å². The maximum Gasteiger partial charge on any atom is 0.318 e. The highest BCUT2D eigenvalue weighted by molar-refractivity contribution is 5.85. The van der Waals surface area contributed by atoms with E-state index in [0.717, 1.165) is 24.0 Å². The van der Waals surface area contributed by atoms with Crippen LogP contribution in [-0.2, 0) is 16.0 Å². The van der Waals surface area contributed by atoms with Crippen molar-refractivity contribution in [2.75, 3.05) is 6.61 Å². The number of esters is 1. The van der Waals surface area contributed by atoms with E-state index in [0.29, 0.717) is 18.1 Å². The fourth-order valence-corrected chi connectivity index (χ4v) is 3.25. The summed E-state index contributed by atoms with van der Waals surface area (Å²) in [6, 6.07) is 19.2. The first kappa shape index (κ1) is 16.3. The van der Waals surface area contributed by atoms with E-state index in [2.05, 4.69) is 4.98 Å². The third kappa shape index (κ3) is 3.31. The van der Waals surface area contributed by atoms with E-state index in [-0.39, 0.29) is 5.97 Å². The van der Waals surface area contributed by atoms with Crippen LogP contribution in [-0.4, -0.2) is 17.6 Å². The summed E-state index contributed by atoms with van der Waals surface area (Å²) in [7, 11) is 0. The van der Waals surface area contributed by atoms with Crippen LogP contribution in [0.5, 0.6) is 11.5 Å². The predicted molar refractivity (Wildman–Crippen MR) is 98.3 cm³/mol. The maximum atomic E-state index is 12.8. The van der Waals surface area contributed by atoms with Gasteiger partial charge in [-0.15, -0.1) is 0 Å². The number of carbonyl (C=O) groups excluding carboxylic acids is 1. The highest BCUT2D eigenvalue weighted by Crippen LogP contribution is 2.44. The van der Waals surface area contributed by atoms with Gasteiger partial charge in [-0.3, -0.25) is 9.78 Å². The van der Waals surface area contributed by atoms with Crippen molar-refractivity contribution in [2.45, 2.75) is 18.8 Å². The summed E-state index contributed by atoms with van der Waals surface area (Å²) in [5.41, 5.74) is 2.90. The number of carbonyl (C=O) groups is 1. The number of rotatable bonds is 5. The smallest absolute Gasteiger partial charge is 0.318 e. The minimum atomic E-state index is -0.447. The molecule has 2 heterocycles. The molecule has 0 saturated heterocycles. The molecule has 3 aromatic rings. The number of hydrogen-bond donors (Lipinski definition) is 0. The third-order valence-electron chi connectivity index (χ3n) is 4.52. The van der Waals surface area contributed by atoms with Crippen molar-refractivity contribution in [3.05, 3.63) is 89.7 Å². The van der Waals surface area contributed by atoms with Crippen LogP contribution in [0.2, 0.25) is 0 Å². The Morgan fingerprint density at radius 1 is 0.923 bits per heavy atom. The van der Waals surface area contributed by atoms with Gasteiger partial charge in [0.25, 0.3) is 0 Å². The summed E-state index contributed by atoms with van der Waals surface area (Å²) in [6.45, 7) is 0.392. The zero-order valence-electron chi connectivity index (χ0n) is 14.3. The van der Waals surface area contributed by atoms with Gasteiger partial charge in [0, 0.05) is 23.5 Å². The first-order valence-corrected chi connectivity index (χ1v) is 8.74. The molecule has 0 aliphatic carbocycles. The minimum Gasteiger partial charge on any atom is -0.465 e. The first-order valence-electron chi connectivity index (χ1n) is 8.74. The summed E-state index contributed by atoms with van der Waals surface area (Å²) in [5.74, 6) is 0.745. The van der Waals surface area contributed by atoms with Crippen LogP contribution in [0.15, 0.2) is 73.1 Å². The number of pyridine rings is 1. The highest BCUT2D eigenvalue weighted by Gasteiger charge is 2.33. The van der Waals surface area contributed by atoms with E-state index in [9.17, 15) is 4.79 Å². The third-order valence-corrected chi connectivity index (χ3v) is 4.52. The Bertz CT molecular complexity index is 863. The quantitative estimate of drug-likeness (QED) is 0.505. The van der Waals surface area contributed by atoms with Gasteiger partial charge in [-0.1, -0.05) is 36.4 Å². The molecule has 0 spiro atoms. The molecule has 0 N–H and O–H groups in total. The van der Waals surface area contributed by atoms with Crippen LogP contribution in [0.4, 0.5) is 0 Å². The summed E-state index contributed by atoms with van der Waals surface area (Å²) >= 11 is 0. The number of ether oxygens (including phenoxy) is 2. The van der Waals surface area contributed by atoms with E-state index in [1.165, 1.54) is 5.56 Å². The topological polar surface area (TPSA) is 48.4 Å². The molecule has 0 bridgehead atoms. The van der Waals surface area contributed by atoms with Gasteiger partial charge in [0.1, 0.15) is 17.4 Å². The van der Waals surface area contributed by atoms with Crippen LogP contribution >= 0.6 is 0 Å². The molecule has 0 amide bonds. The number of para-hydroxylation sites is 2. The van der Waals surface area contributed by atoms with Gasteiger partial charge in [-0.05, 0) is 42.7 Å².